The van der Waals surface area contributed by atoms with E-state index in [0.717, 1.165) is 55.3 Å². The summed E-state index contributed by atoms with van der Waals surface area (Å²) in [6.45, 7) is 4.01. The minimum Gasteiger partial charge on any atom is -0.478 e. The molecule has 1 N–H and O–H groups in total. The maximum atomic E-state index is 11.6. The number of rotatable bonds is 4. The number of ether oxygens (including phenoxy) is 1. The maximum Gasteiger partial charge on any atom is 0.224 e. The number of piperazine rings is 1. The molecule has 2 aromatic carbocycles. The highest BCUT2D eigenvalue weighted by molar-refractivity contribution is 6.43. The smallest absolute Gasteiger partial charge is 0.224 e. The van der Waals surface area contributed by atoms with Gasteiger partial charge in [-0.25, -0.2) is 0 Å². The molecule has 1 amide bonds. The standard InChI is InChI=1S/C20H21Cl2N3O2/c21-16-2-1-3-18(20(16)22)25-10-8-24(9-11-25)13-27-15-6-4-14-5-7-19(26)23-17(14)12-15/h1-4,6,12H,5,7-11,13H2,(H,23,26). The third-order valence-electron chi connectivity index (χ3n) is 5.03. The fraction of sp³-hybridized carbons (Fsp3) is 0.350. The Morgan fingerprint density at radius 1 is 1.04 bits per heavy atom. The highest BCUT2D eigenvalue weighted by atomic mass is 35.5. The van der Waals surface area contributed by atoms with Gasteiger partial charge >= 0.3 is 0 Å². The average molecular weight is 406 g/mol. The fourth-order valence-corrected chi connectivity index (χ4v) is 3.88. The van der Waals surface area contributed by atoms with Gasteiger partial charge in [0.15, 0.2) is 0 Å². The molecule has 0 radical (unpaired) electrons. The van der Waals surface area contributed by atoms with E-state index in [2.05, 4.69) is 15.1 Å². The molecular formula is C20H21Cl2N3O2. The van der Waals surface area contributed by atoms with E-state index in [1.54, 1.807) is 6.07 Å². The van der Waals surface area contributed by atoms with Crippen LogP contribution in [0, 0.1) is 0 Å². The van der Waals surface area contributed by atoms with Crippen molar-refractivity contribution in [3.8, 4) is 5.75 Å². The number of hydrogen-bond acceptors (Lipinski definition) is 4. The Kier molecular flexibility index (Phi) is 5.43. The third-order valence-corrected chi connectivity index (χ3v) is 5.84. The monoisotopic (exact) mass is 405 g/mol. The Bertz CT molecular complexity index is 851. The zero-order valence-electron chi connectivity index (χ0n) is 14.9. The summed E-state index contributed by atoms with van der Waals surface area (Å²) < 4.78 is 5.94. The maximum absolute atomic E-state index is 11.6. The molecule has 5 nitrogen and oxygen atoms in total. The largest absolute Gasteiger partial charge is 0.478 e. The molecule has 0 atom stereocenters. The molecule has 2 aliphatic rings. The number of nitrogens with one attached hydrogen (secondary N) is 1. The lowest BCUT2D eigenvalue weighted by Gasteiger charge is -2.36. The number of carbonyl (C=O) groups is 1. The van der Waals surface area contributed by atoms with Crippen molar-refractivity contribution in [2.45, 2.75) is 12.8 Å². The first-order valence-electron chi connectivity index (χ1n) is 9.07. The molecule has 1 saturated heterocycles. The number of hydrogen-bond donors (Lipinski definition) is 1. The molecule has 2 aromatic rings. The number of anilines is 2. The van der Waals surface area contributed by atoms with E-state index in [9.17, 15) is 4.79 Å². The van der Waals surface area contributed by atoms with Gasteiger partial charge in [-0.2, -0.15) is 0 Å². The molecular weight excluding hydrogens is 385 g/mol. The number of fused-ring (bicyclic) bond motifs is 1. The lowest BCUT2D eigenvalue weighted by molar-refractivity contribution is -0.116. The molecule has 0 saturated carbocycles. The van der Waals surface area contributed by atoms with Crippen molar-refractivity contribution >= 4 is 40.5 Å². The van der Waals surface area contributed by atoms with E-state index >= 15 is 0 Å². The summed E-state index contributed by atoms with van der Waals surface area (Å²) in [5.74, 6) is 0.840. The molecule has 4 rings (SSSR count). The van der Waals surface area contributed by atoms with Crippen LogP contribution in [0.2, 0.25) is 10.0 Å². The van der Waals surface area contributed by atoms with Crippen LogP contribution in [0.5, 0.6) is 5.75 Å². The van der Waals surface area contributed by atoms with Crippen molar-refractivity contribution in [2.75, 3.05) is 43.1 Å². The van der Waals surface area contributed by atoms with E-state index in [0.29, 0.717) is 23.2 Å². The minimum absolute atomic E-state index is 0.0652. The Hall–Kier alpha value is -1.95. The van der Waals surface area contributed by atoms with Gasteiger partial charge in [-0.3, -0.25) is 9.69 Å². The van der Waals surface area contributed by atoms with Gasteiger partial charge in [-0.15, -0.1) is 0 Å². The van der Waals surface area contributed by atoms with E-state index in [1.807, 2.05) is 30.3 Å². The lowest BCUT2D eigenvalue weighted by Crippen LogP contribution is -2.47. The van der Waals surface area contributed by atoms with Crippen molar-refractivity contribution in [2.24, 2.45) is 0 Å². The van der Waals surface area contributed by atoms with E-state index in [1.165, 1.54) is 0 Å². The van der Waals surface area contributed by atoms with Crippen molar-refractivity contribution in [3.63, 3.8) is 0 Å². The minimum atomic E-state index is 0.0652. The second-order valence-corrected chi connectivity index (χ2v) is 7.60. The van der Waals surface area contributed by atoms with Gasteiger partial charge < -0.3 is 15.0 Å². The van der Waals surface area contributed by atoms with Crippen molar-refractivity contribution in [3.05, 3.63) is 52.0 Å². The van der Waals surface area contributed by atoms with Crippen LogP contribution in [0.1, 0.15) is 12.0 Å². The number of benzene rings is 2. The number of nitrogens with zero attached hydrogens (tertiary/aromatic N) is 2. The van der Waals surface area contributed by atoms with E-state index < -0.39 is 0 Å². The molecule has 0 aliphatic carbocycles. The summed E-state index contributed by atoms with van der Waals surface area (Å²) >= 11 is 12.5. The number of amides is 1. The molecule has 2 heterocycles. The first kappa shape index (κ1) is 18.4. The van der Waals surface area contributed by atoms with Gasteiger partial charge in [-0.05, 0) is 30.2 Å². The van der Waals surface area contributed by atoms with Gasteiger partial charge in [0.25, 0.3) is 0 Å². The van der Waals surface area contributed by atoms with Crippen LogP contribution in [-0.4, -0.2) is 43.7 Å². The van der Waals surface area contributed by atoms with Crippen molar-refractivity contribution in [1.29, 1.82) is 0 Å². The van der Waals surface area contributed by atoms with Gasteiger partial charge in [0.05, 0.1) is 15.7 Å². The van der Waals surface area contributed by atoms with Crippen LogP contribution in [0.4, 0.5) is 11.4 Å². The fourth-order valence-electron chi connectivity index (χ4n) is 3.46. The summed E-state index contributed by atoms with van der Waals surface area (Å²) in [4.78, 5) is 16.1. The summed E-state index contributed by atoms with van der Waals surface area (Å²) in [7, 11) is 0. The van der Waals surface area contributed by atoms with Gasteiger partial charge in [0.2, 0.25) is 5.91 Å². The Labute approximate surface area is 168 Å². The van der Waals surface area contributed by atoms with Crippen molar-refractivity contribution in [1.82, 2.24) is 4.90 Å². The van der Waals surface area contributed by atoms with E-state index in [-0.39, 0.29) is 5.91 Å². The molecule has 27 heavy (non-hydrogen) atoms. The highest BCUT2D eigenvalue weighted by Crippen LogP contribution is 2.33. The van der Waals surface area contributed by atoms with Gasteiger partial charge in [0, 0.05) is 44.4 Å². The molecule has 142 valence electrons. The Balaban J connectivity index is 1.32. The highest BCUT2D eigenvalue weighted by Gasteiger charge is 2.20. The zero-order valence-corrected chi connectivity index (χ0v) is 16.4. The predicted octanol–water partition coefficient (Wildman–Crippen LogP) is 4.04. The molecule has 0 bridgehead atoms. The quantitative estimate of drug-likeness (QED) is 0.833. The molecule has 0 spiro atoms. The molecule has 7 heteroatoms. The van der Waals surface area contributed by atoms with Crippen LogP contribution in [0.15, 0.2) is 36.4 Å². The third kappa shape index (κ3) is 4.15. The van der Waals surface area contributed by atoms with Crippen LogP contribution in [-0.2, 0) is 11.2 Å². The van der Waals surface area contributed by atoms with Crippen LogP contribution in [0.3, 0.4) is 0 Å². The second-order valence-electron chi connectivity index (χ2n) is 6.82. The number of halogens is 2. The predicted molar refractivity (Wildman–Crippen MR) is 109 cm³/mol. The van der Waals surface area contributed by atoms with Crippen molar-refractivity contribution < 1.29 is 9.53 Å². The zero-order chi connectivity index (χ0) is 18.8. The topological polar surface area (TPSA) is 44.8 Å². The van der Waals surface area contributed by atoms with Crippen LogP contribution in [0.25, 0.3) is 0 Å². The SMILES string of the molecule is O=C1CCc2ccc(OCN3CCN(c4cccc(Cl)c4Cl)CC3)cc2N1. The molecule has 0 aromatic heterocycles. The lowest BCUT2D eigenvalue weighted by atomic mass is 10.0. The first-order valence-corrected chi connectivity index (χ1v) is 9.82. The van der Waals surface area contributed by atoms with Crippen LogP contribution < -0.4 is 15.0 Å². The summed E-state index contributed by atoms with van der Waals surface area (Å²) in [5, 5.41) is 4.10. The van der Waals surface area contributed by atoms with Crippen LogP contribution >= 0.6 is 23.2 Å². The summed E-state index contributed by atoms with van der Waals surface area (Å²) in [5.41, 5.74) is 3.01. The first-order chi connectivity index (χ1) is 13.1. The summed E-state index contributed by atoms with van der Waals surface area (Å²) in [6, 6.07) is 11.6. The number of aryl methyl sites for hydroxylation is 1. The van der Waals surface area contributed by atoms with Gasteiger partial charge in [0.1, 0.15) is 12.5 Å². The number of carbonyl (C=O) groups excluding carboxylic acids is 1. The van der Waals surface area contributed by atoms with Gasteiger partial charge in [-0.1, -0.05) is 35.3 Å². The molecule has 2 aliphatic heterocycles. The Morgan fingerprint density at radius 2 is 1.85 bits per heavy atom. The summed E-state index contributed by atoms with van der Waals surface area (Å²) in [6.07, 6.45) is 1.34. The Morgan fingerprint density at radius 3 is 2.67 bits per heavy atom. The molecule has 0 unspecified atom stereocenters. The van der Waals surface area contributed by atoms with E-state index in [4.69, 9.17) is 27.9 Å². The second kappa shape index (κ2) is 7.97. The normalized spacial score (nSPS) is 17.4. The molecule has 1 fully saturated rings. The average Bonchev–Trinajstić information content (AvgIpc) is 2.68.